The molecule has 5 N–H and O–H groups in total. The normalized spacial score (nSPS) is 25.6. The minimum Gasteiger partial charge on any atom is -0.444 e. The highest BCUT2D eigenvalue weighted by molar-refractivity contribution is 5.95. The van der Waals surface area contributed by atoms with Gasteiger partial charge in [0.1, 0.15) is 24.2 Å². The van der Waals surface area contributed by atoms with Gasteiger partial charge >= 0.3 is 6.09 Å². The molecule has 0 radical (unpaired) electrons. The highest BCUT2D eigenvalue weighted by atomic mass is 16.6. The predicted octanol–water partition coefficient (Wildman–Crippen LogP) is -1.59. The van der Waals surface area contributed by atoms with Crippen molar-refractivity contribution in [2.24, 2.45) is 5.73 Å². The third-order valence-electron chi connectivity index (χ3n) is 4.78. The van der Waals surface area contributed by atoms with Crippen LogP contribution in [0, 0.1) is 0 Å². The minimum absolute atomic E-state index is 0.155. The zero-order valence-corrected chi connectivity index (χ0v) is 14.8. The Hall–Kier alpha value is -3.11. The first-order valence-electron chi connectivity index (χ1n) is 8.71. The Morgan fingerprint density at radius 2 is 2.26 bits per heavy atom. The number of nitrogens with two attached hydrogens (primary N) is 1. The van der Waals surface area contributed by atoms with Crippen LogP contribution in [0.1, 0.15) is 25.5 Å². The molecule has 146 valence electrons. The van der Waals surface area contributed by atoms with Gasteiger partial charge in [-0.3, -0.25) is 14.4 Å². The standard InChI is InChI=1S/C16H22N6O5/c1-8-12(21-16(26)27-8)14(24)20-10(5-9-6-18-7-19-9)15(25)22-4-2-3-11(22)13(17)23/h6-8,10-12H,2-5H2,1H3,(H2,17,23)(H,18,19)(H,20,24)(H,21,26)/t8-,10+,11+,12-/m1/s1. The van der Waals surface area contributed by atoms with Crippen LogP contribution in [0.5, 0.6) is 0 Å². The molecule has 0 saturated carbocycles. The van der Waals surface area contributed by atoms with Gasteiger partial charge in [-0.1, -0.05) is 0 Å². The molecule has 2 aliphatic rings. The first-order valence-corrected chi connectivity index (χ1v) is 8.71. The number of nitrogens with zero attached hydrogens (tertiary/aromatic N) is 2. The van der Waals surface area contributed by atoms with Crippen LogP contribution in [0.4, 0.5) is 4.79 Å². The van der Waals surface area contributed by atoms with E-state index in [0.29, 0.717) is 25.1 Å². The maximum atomic E-state index is 13.0. The largest absolute Gasteiger partial charge is 0.444 e. The van der Waals surface area contributed by atoms with Gasteiger partial charge in [0.2, 0.25) is 17.7 Å². The van der Waals surface area contributed by atoms with Crippen LogP contribution in [0.15, 0.2) is 12.5 Å². The minimum atomic E-state index is -0.942. The Balaban J connectivity index is 1.76. The van der Waals surface area contributed by atoms with Crippen LogP contribution >= 0.6 is 0 Å². The number of imidazole rings is 1. The molecule has 3 rings (SSSR count). The van der Waals surface area contributed by atoms with Gasteiger partial charge in [0.15, 0.2) is 0 Å². The molecule has 1 aromatic rings. The van der Waals surface area contributed by atoms with Crippen molar-refractivity contribution in [2.45, 2.75) is 50.4 Å². The summed E-state index contributed by atoms with van der Waals surface area (Å²) in [5, 5.41) is 5.07. The number of alkyl carbamates (subject to hydrolysis) is 1. The number of hydrogen-bond donors (Lipinski definition) is 4. The number of carbonyl (C=O) groups is 4. The first kappa shape index (κ1) is 18.7. The van der Waals surface area contributed by atoms with Gasteiger partial charge in [-0.05, 0) is 19.8 Å². The number of nitrogens with one attached hydrogen (secondary N) is 3. The zero-order valence-electron chi connectivity index (χ0n) is 14.8. The SMILES string of the molecule is C[C@H]1OC(=O)N[C@H]1C(=O)N[C@@H](Cc1cnc[nH]1)C(=O)N1CCC[C@H]1C(N)=O. The molecule has 0 aromatic carbocycles. The smallest absolute Gasteiger partial charge is 0.408 e. The van der Waals surface area contributed by atoms with E-state index in [-0.39, 0.29) is 6.42 Å². The Labute approximate surface area is 155 Å². The number of carbonyl (C=O) groups excluding carboxylic acids is 4. The summed E-state index contributed by atoms with van der Waals surface area (Å²) in [6, 6.07) is -2.53. The number of aromatic nitrogens is 2. The van der Waals surface area contributed by atoms with Crippen molar-refractivity contribution < 1.29 is 23.9 Å². The average Bonchev–Trinajstić information content (AvgIpc) is 3.34. The fraction of sp³-hybridized carbons (Fsp3) is 0.562. The van der Waals surface area contributed by atoms with Gasteiger partial charge in [0.25, 0.3) is 0 Å². The van der Waals surface area contributed by atoms with E-state index in [2.05, 4.69) is 20.6 Å². The molecule has 1 aromatic heterocycles. The number of primary amides is 1. The van der Waals surface area contributed by atoms with Crippen LogP contribution in [-0.4, -0.2) is 69.5 Å². The van der Waals surface area contributed by atoms with Gasteiger partial charge in [-0.15, -0.1) is 0 Å². The van der Waals surface area contributed by atoms with Crippen molar-refractivity contribution in [2.75, 3.05) is 6.54 Å². The molecule has 2 saturated heterocycles. The number of cyclic esters (lactones) is 1. The predicted molar refractivity (Wildman–Crippen MR) is 91.0 cm³/mol. The number of rotatable bonds is 6. The maximum Gasteiger partial charge on any atom is 0.408 e. The van der Waals surface area contributed by atoms with Crippen molar-refractivity contribution in [3.8, 4) is 0 Å². The Morgan fingerprint density at radius 1 is 1.48 bits per heavy atom. The lowest BCUT2D eigenvalue weighted by Gasteiger charge is -2.28. The summed E-state index contributed by atoms with van der Waals surface area (Å²) >= 11 is 0. The lowest BCUT2D eigenvalue weighted by atomic mass is 10.1. The molecule has 11 heteroatoms. The zero-order chi connectivity index (χ0) is 19.6. The van der Waals surface area contributed by atoms with Crippen molar-refractivity contribution in [1.29, 1.82) is 0 Å². The fourth-order valence-corrected chi connectivity index (χ4v) is 3.40. The van der Waals surface area contributed by atoms with E-state index in [1.54, 1.807) is 13.1 Å². The number of likely N-dealkylation sites (tertiary alicyclic amines) is 1. The number of aromatic amines is 1. The number of hydrogen-bond acceptors (Lipinski definition) is 6. The van der Waals surface area contributed by atoms with Gasteiger partial charge in [0.05, 0.1) is 6.33 Å². The van der Waals surface area contributed by atoms with Gasteiger partial charge in [0, 0.05) is 24.9 Å². The maximum absolute atomic E-state index is 13.0. The van der Waals surface area contributed by atoms with Crippen LogP contribution in [0.25, 0.3) is 0 Å². The number of amides is 4. The number of ether oxygens (including phenoxy) is 1. The van der Waals surface area contributed by atoms with Crippen LogP contribution < -0.4 is 16.4 Å². The van der Waals surface area contributed by atoms with E-state index in [4.69, 9.17) is 10.5 Å². The van der Waals surface area contributed by atoms with Crippen molar-refractivity contribution >= 4 is 23.8 Å². The third-order valence-corrected chi connectivity index (χ3v) is 4.78. The van der Waals surface area contributed by atoms with E-state index in [9.17, 15) is 19.2 Å². The first-order chi connectivity index (χ1) is 12.9. The molecule has 0 bridgehead atoms. The van der Waals surface area contributed by atoms with Crippen LogP contribution in [0.2, 0.25) is 0 Å². The lowest BCUT2D eigenvalue weighted by molar-refractivity contribution is -0.141. The second-order valence-electron chi connectivity index (χ2n) is 6.67. The summed E-state index contributed by atoms with van der Waals surface area (Å²) in [7, 11) is 0. The highest BCUT2D eigenvalue weighted by Crippen LogP contribution is 2.19. The summed E-state index contributed by atoms with van der Waals surface area (Å²) in [4.78, 5) is 56.8. The second-order valence-corrected chi connectivity index (χ2v) is 6.67. The van der Waals surface area contributed by atoms with E-state index in [0.717, 1.165) is 0 Å². The summed E-state index contributed by atoms with van der Waals surface area (Å²) in [6.07, 6.45) is 2.97. The monoisotopic (exact) mass is 378 g/mol. The van der Waals surface area contributed by atoms with Crippen molar-refractivity contribution in [1.82, 2.24) is 25.5 Å². The molecular formula is C16H22N6O5. The van der Waals surface area contributed by atoms with Crippen molar-refractivity contribution in [3.05, 3.63) is 18.2 Å². The summed E-state index contributed by atoms with van der Waals surface area (Å²) < 4.78 is 4.91. The van der Waals surface area contributed by atoms with E-state index >= 15 is 0 Å². The molecule has 0 spiro atoms. The van der Waals surface area contributed by atoms with Gasteiger partial charge < -0.3 is 31.0 Å². The molecular weight excluding hydrogens is 356 g/mol. The Bertz CT molecular complexity index is 736. The summed E-state index contributed by atoms with van der Waals surface area (Å²) in [6.45, 7) is 1.97. The van der Waals surface area contributed by atoms with Crippen molar-refractivity contribution in [3.63, 3.8) is 0 Å². The number of H-pyrrole nitrogens is 1. The van der Waals surface area contributed by atoms with E-state index in [1.165, 1.54) is 11.2 Å². The molecule has 2 fully saturated rings. The third kappa shape index (κ3) is 4.01. The molecule has 3 heterocycles. The highest BCUT2D eigenvalue weighted by Gasteiger charge is 2.40. The molecule has 0 aliphatic carbocycles. The summed E-state index contributed by atoms with van der Waals surface area (Å²) in [5.41, 5.74) is 6.04. The fourth-order valence-electron chi connectivity index (χ4n) is 3.40. The second kappa shape index (κ2) is 7.64. The molecule has 4 amide bonds. The van der Waals surface area contributed by atoms with Gasteiger partial charge in [-0.25, -0.2) is 9.78 Å². The molecule has 4 atom stereocenters. The average molecular weight is 378 g/mol. The van der Waals surface area contributed by atoms with E-state index in [1.807, 2.05) is 0 Å². The van der Waals surface area contributed by atoms with E-state index < -0.39 is 48.0 Å². The molecule has 11 nitrogen and oxygen atoms in total. The lowest BCUT2D eigenvalue weighted by Crippen LogP contribution is -2.57. The summed E-state index contributed by atoms with van der Waals surface area (Å²) in [5.74, 6) is -1.52. The van der Waals surface area contributed by atoms with Gasteiger partial charge in [-0.2, -0.15) is 0 Å². The Kier molecular flexibility index (Phi) is 5.28. The molecule has 27 heavy (non-hydrogen) atoms. The topological polar surface area (TPSA) is 160 Å². The van der Waals surface area contributed by atoms with Crippen LogP contribution in [-0.2, 0) is 25.5 Å². The molecule has 2 aliphatic heterocycles. The van der Waals surface area contributed by atoms with Crippen LogP contribution in [0.3, 0.4) is 0 Å². The quantitative estimate of drug-likeness (QED) is 0.467. The molecule has 0 unspecified atom stereocenters. The Morgan fingerprint density at radius 3 is 2.85 bits per heavy atom.